The molecule has 4 heteroatoms. The van der Waals surface area contributed by atoms with Gasteiger partial charge in [0.1, 0.15) is 11.5 Å². The van der Waals surface area contributed by atoms with E-state index >= 15 is 0 Å². The molecule has 0 saturated heterocycles. The van der Waals surface area contributed by atoms with Crippen molar-refractivity contribution in [2.24, 2.45) is 0 Å². The van der Waals surface area contributed by atoms with Gasteiger partial charge < -0.3 is 14.5 Å². The van der Waals surface area contributed by atoms with Crippen molar-refractivity contribution >= 4 is 57.2 Å². The van der Waals surface area contributed by atoms with Gasteiger partial charge >= 0.3 is 0 Å². The van der Waals surface area contributed by atoms with E-state index < -0.39 is 0 Å². The van der Waals surface area contributed by atoms with E-state index in [4.69, 9.17) is 4.74 Å². The molecule has 2 aliphatic heterocycles. The maximum atomic E-state index is 6.58. The minimum absolute atomic E-state index is 0.0677. The molecule has 49 heavy (non-hydrogen) atoms. The van der Waals surface area contributed by atoms with E-state index in [0.29, 0.717) is 0 Å². The summed E-state index contributed by atoms with van der Waals surface area (Å²) in [7, 11) is 0. The molecular weight excluding hydrogens is 595 g/mol. The van der Waals surface area contributed by atoms with Gasteiger partial charge in [-0.1, -0.05) is 105 Å². The van der Waals surface area contributed by atoms with Crippen LogP contribution in [0.3, 0.4) is 0 Å². The molecule has 0 bridgehead atoms. The summed E-state index contributed by atoms with van der Waals surface area (Å²) < 4.78 is 6.58. The molecule has 0 aromatic heterocycles. The number of rotatable bonds is 4. The Labute approximate surface area is 287 Å². The Kier molecular flexibility index (Phi) is 6.01. The van der Waals surface area contributed by atoms with E-state index in [0.717, 1.165) is 34.2 Å². The third-order valence-corrected chi connectivity index (χ3v) is 10.7. The summed E-state index contributed by atoms with van der Waals surface area (Å²) in [5.41, 5.74) is 15.8. The van der Waals surface area contributed by atoms with Crippen molar-refractivity contribution < 1.29 is 4.74 Å². The molecule has 3 aliphatic rings. The first-order valence-electron chi connectivity index (χ1n) is 17.1. The zero-order valence-corrected chi connectivity index (χ0v) is 27.5. The highest BCUT2D eigenvalue weighted by Gasteiger charge is 2.45. The summed E-state index contributed by atoms with van der Waals surface area (Å²) >= 11 is 0. The second kappa shape index (κ2) is 10.5. The number of fused-ring (bicyclic) bond motifs is 7. The molecule has 0 N–H and O–H groups in total. The van der Waals surface area contributed by atoms with Crippen LogP contribution < -0.4 is 30.9 Å². The van der Waals surface area contributed by atoms with Gasteiger partial charge in [0.2, 0.25) is 0 Å². The van der Waals surface area contributed by atoms with Gasteiger partial charge in [0.25, 0.3) is 6.71 Å². The van der Waals surface area contributed by atoms with Crippen LogP contribution in [0.2, 0.25) is 0 Å². The summed E-state index contributed by atoms with van der Waals surface area (Å²) in [6.07, 6.45) is 0. The van der Waals surface area contributed by atoms with Crippen LogP contribution in [0, 0.1) is 0 Å². The van der Waals surface area contributed by atoms with Gasteiger partial charge in [-0.05, 0) is 111 Å². The van der Waals surface area contributed by atoms with Crippen LogP contribution in [-0.2, 0) is 5.41 Å². The fraction of sp³-hybridized carbons (Fsp3) is 0.0667. The van der Waals surface area contributed by atoms with Crippen molar-refractivity contribution in [2.75, 3.05) is 9.80 Å². The molecule has 2 heterocycles. The van der Waals surface area contributed by atoms with E-state index in [2.05, 4.69) is 187 Å². The lowest BCUT2D eigenvalue weighted by molar-refractivity contribution is 0.487. The minimum atomic E-state index is -0.211. The van der Waals surface area contributed by atoms with Gasteiger partial charge in [-0.2, -0.15) is 0 Å². The zero-order chi connectivity index (χ0) is 32.7. The molecule has 7 aromatic carbocycles. The number of hydrogen-bond acceptors (Lipinski definition) is 3. The fourth-order valence-corrected chi connectivity index (χ4v) is 8.44. The van der Waals surface area contributed by atoms with Gasteiger partial charge in [0.05, 0.1) is 0 Å². The predicted molar refractivity (Wildman–Crippen MR) is 205 cm³/mol. The summed E-state index contributed by atoms with van der Waals surface area (Å²) in [5.74, 6) is 1.87. The summed E-state index contributed by atoms with van der Waals surface area (Å²) in [6.45, 7) is 4.84. The largest absolute Gasteiger partial charge is 0.458 e. The Hall–Kier alpha value is -6.00. The van der Waals surface area contributed by atoms with Gasteiger partial charge in [-0.25, -0.2) is 0 Å². The topological polar surface area (TPSA) is 15.7 Å². The van der Waals surface area contributed by atoms with E-state index in [1.807, 2.05) is 0 Å². The van der Waals surface area contributed by atoms with Crippen molar-refractivity contribution in [3.8, 4) is 22.6 Å². The van der Waals surface area contributed by atoms with Crippen molar-refractivity contribution in [1.29, 1.82) is 0 Å². The maximum absolute atomic E-state index is 6.58. The first kappa shape index (κ1) is 28.1. The first-order chi connectivity index (χ1) is 24.1. The predicted octanol–water partition coefficient (Wildman–Crippen LogP) is 9.87. The van der Waals surface area contributed by atoms with Crippen molar-refractivity contribution in [1.82, 2.24) is 0 Å². The van der Waals surface area contributed by atoms with Crippen LogP contribution in [0.4, 0.5) is 34.1 Å². The molecule has 0 amide bonds. The Balaban J connectivity index is 1.20. The van der Waals surface area contributed by atoms with E-state index in [9.17, 15) is 0 Å². The second-order valence-electron chi connectivity index (χ2n) is 13.8. The normalized spacial score (nSPS) is 14.2. The molecule has 1 aliphatic carbocycles. The summed E-state index contributed by atoms with van der Waals surface area (Å²) in [5, 5.41) is 0. The first-order valence-corrected chi connectivity index (χ1v) is 17.1. The Morgan fingerprint density at radius 3 is 1.88 bits per heavy atom. The van der Waals surface area contributed by atoms with E-state index in [-0.39, 0.29) is 12.1 Å². The number of hydrogen-bond donors (Lipinski definition) is 0. The van der Waals surface area contributed by atoms with Crippen molar-refractivity contribution in [3.63, 3.8) is 0 Å². The lowest BCUT2D eigenvalue weighted by atomic mass is 9.34. The smallest absolute Gasteiger partial charge is 0.256 e. The van der Waals surface area contributed by atoms with Crippen molar-refractivity contribution in [2.45, 2.75) is 19.3 Å². The highest BCUT2D eigenvalue weighted by atomic mass is 16.5. The van der Waals surface area contributed by atoms with Gasteiger partial charge in [-0.15, -0.1) is 0 Å². The molecule has 0 atom stereocenters. The van der Waals surface area contributed by atoms with Crippen molar-refractivity contribution in [3.05, 3.63) is 175 Å². The third-order valence-electron chi connectivity index (χ3n) is 10.7. The lowest BCUT2D eigenvalue weighted by Crippen LogP contribution is -2.59. The number of ether oxygens (including phenoxy) is 1. The lowest BCUT2D eigenvalue weighted by Gasteiger charge is -2.40. The van der Waals surface area contributed by atoms with Crippen LogP contribution in [-0.4, -0.2) is 6.71 Å². The molecule has 10 rings (SSSR count). The fourth-order valence-electron chi connectivity index (χ4n) is 8.44. The second-order valence-corrected chi connectivity index (χ2v) is 13.8. The molecule has 0 fully saturated rings. The summed E-state index contributed by atoms with van der Waals surface area (Å²) in [6, 6.07) is 59.2. The highest BCUT2D eigenvalue weighted by molar-refractivity contribution is 6.99. The average molecular weight is 629 g/mol. The average Bonchev–Trinajstić information content (AvgIpc) is 3.37. The Bertz CT molecular complexity index is 2370. The van der Waals surface area contributed by atoms with E-state index in [1.165, 1.54) is 50.0 Å². The number of nitrogens with zero attached hydrogens (tertiary/aromatic N) is 2. The highest BCUT2D eigenvalue weighted by Crippen LogP contribution is 2.53. The monoisotopic (exact) mass is 628 g/mol. The van der Waals surface area contributed by atoms with Crippen LogP contribution in [0.5, 0.6) is 11.5 Å². The molecule has 7 aromatic rings. The zero-order valence-electron chi connectivity index (χ0n) is 27.5. The third kappa shape index (κ3) is 4.10. The molecule has 0 unspecified atom stereocenters. The molecule has 0 spiro atoms. The standard InChI is InChI=1S/C45H33BN2O/c1-45(2)36-27-33(47(30-15-6-3-7-16-30)31-17-8-4-9-18-31)25-26-34(36)35-28-41-39(29-37(35)45)46-38-21-12-13-23-42(38)49-43-24-14-22-40(44(43)46)48(41)32-19-10-5-11-20-32/h3-29H,1-2H3. The van der Waals surface area contributed by atoms with Crippen LogP contribution in [0.15, 0.2) is 164 Å². The Morgan fingerprint density at radius 1 is 0.510 bits per heavy atom. The van der Waals surface area contributed by atoms with Crippen LogP contribution in [0.1, 0.15) is 25.0 Å². The molecule has 3 nitrogen and oxygen atoms in total. The molecule has 0 saturated carbocycles. The van der Waals surface area contributed by atoms with Crippen LogP contribution in [0.25, 0.3) is 11.1 Å². The molecular formula is C45H33BN2O. The van der Waals surface area contributed by atoms with Gasteiger partial charge in [0, 0.05) is 39.5 Å². The number of anilines is 6. The quantitative estimate of drug-likeness (QED) is 0.181. The number of benzene rings is 7. The Morgan fingerprint density at radius 2 is 1.14 bits per heavy atom. The van der Waals surface area contributed by atoms with Gasteiger partial charge in [0.15, 0.2) is 0 Å². The SMILES string of the molecule is CC1(C)c2cc(N(c3ccccc3)c3ccccc3)ccc2-c2cc3c(cc21)B1c2ccccc2Oc2cccc(c21)N3c1ccccc1. The maximum Gasteiger partial charge on any atom is 0.256 e. The minimum Gasteiger partial charge on any atom is -0.458 e. The molecule has 0 radical (unpaired) electrons. The summed E-state index contributed by atoms with van der Waals surface area (Å²) in [4.78, 5) is 4.80. The van der Waals surface area contributed by atoms with Crippen LogP contribution >= 0.6 is 0 Å². The number of para-hydroxylation sites is 4. The van der Waals surface area contributed by atoms with E-state index in [1.54, 1.807) is 0 Å². The van der Waals surface area contributed by atoms with Gasteiger partial charge in [-0.3, -0.25) is 0 Å². The molecule has 232 valence electrons.